The first-order valence-corrected chi connectivity index (χ1v) is 6.42. The minimum Gasteiger partial charge on any atom is -0.267 e. The van der Waals surface area contributed by atoms with E-state index in [9.17, 15) is 14.4 Å². The van der Waals surface area contributed by atoms with Crippen LogP contribution in [0, 0.1) is 0 Å². The van der Waals surface area contributed by atoms with E-state index in [1.807, 2.05) is 0 Å². The van der Waals surface area contributed by atoms with Crippen LogP contribution in [0.1, 0.15) is 31.1 Å². The summed E-state index contributed by atoms with van der Waals surface area (Å²) in [5.41, 5.74) is 1.04. The number of nitrogens with zero attached hydrogens (tertiary/aromatic N) is 2. The maximum Gasteiger partial charge on any atom is 0.280 e. The van der Waals surface area contributed by atoms with Gasteiger partial charge in [-0.3, -0.25) is 14.4 Å². The smallest absolute Gasteiger partial charge is 0.267 e. The van der Waals surface area contributed by atoms with Gasteiger partial charge < -0.3 is 0 Å². The largest absolute Gasteiger partial charge is 0.280 e. The van der Waals surface area contributed by atoms with Crippen molar-refractivity contribution < 1.29 is 14.4 Å². The summed E-state index contributed by atoms with van der Waals surface area (Å²) in [6, 6.07) is 15.0. The fourth-order valence-electron chi connectivity index (χ4n) is 2.31. The molecule has 1 heterocycles. The van der Waals surface area contributed by atoms with E-state index in [0.717, 1.165) is 10.0 Å². The van der Waals surface area contributed by atoms with Gasteiger partial charge in [-0.2, -0.15) is 5.01 Å². The minimum atomic E-state index is -0.484. The fourth-order valence-corrected chi connectivity index (χ4v) is 2.31. The number of carbonyl (C=O) groups excluding carboxylic acids is 3. The molecule has 5 nitrogen and oxygen atoms in total. The zero-order chi connectivity index (χ0) is 15.0. The molecule has 2 aromatic carbocycles. The zero-order valence-electron chi connectivity index (χ0n) is 11.3. The lowest BCUT2D eigenvalue weighted by molar-refractivity contribution is 0.0128. The van der Waals surface area contributed by atoms with Gasteiger partial charge in [0.25, 0.3) is 17.7 Å². The van der Waals surface area contributed by atoms with Crippen LogP contribution in [0.15, 0.2) is 54.6 Å². The molecule has 0 saturated carbocycles. The lowest BCUT2D eigenvalue weighted by Crippen LogP contribution is -2.47. The Morgan fingerprint density at radius 2 is 1.33 bits per heavy atom. The van der Waals surface area contributed by atoms with Crippen LogP contribution >= 0.6 is 0 Å². The second-order valence-electron chi connectivity index (χ2n) is 4.66. The summed E-state index contributed by atoms with van der Waals surface area (Å²) in [4.78, 5) is 36.9. The molecule has 0 aromatic heterocycles. The second kappa shape index (κ2) is 4.86. The molecule has 104 valence electrons. The van der Waals surface area contributed by atoms with Crippen molar-refractivity contribution in [3.8, 4) is 0 Å². The first-order valence-electron chi connectivity index (χ1n) is 6.42. The van der Waals surface area contributed by atoms with Crippen LogP contribution in [0.25, 0.3) is 0 Å². The van der Waals surface area contributed by atoms with Crippen molar-refractivity contribution in [3.05, 3.63) is 71.3 Å². The molecule has 0 spiro atoms. The van der Waals surface area contributed by atoms with Crippen molar-refractivity contribution in [2.24, 2.45) is 0 Å². The van der Waals surface area contributed by atoms with E-state index in [1.165, 1.54) is 7.05 Å². The van der Waals surface area contributed by atoms with E-state index in [2.05, 4.69) is 0 Å². The number of benzene rings is 2. The third-order valence-corrected chi connectivity index (χ3v) is 3.39. The normalized spacial score (nSPS) is 13.3. The molecule has 0 bridgehead atoms. The number of imide groups is 1. The lowest BCUT2D eigenvalue weighted by Gasteiger charge is -2.25. The van der Waals surface area contributed by atoms with Crippen molar-refractivity contribution in [3.63, 3.8) is 0 Å². The van der Waals surface area contributed by atoms with E-state index in [1.54, 1.807) is 54.6 Å². The van der Waals surface area contributed by atoms with Crippen LogP contribution in [0.4, 0.5) is 0 Å². The van der Waals surface area contributed by atoms with Gasteiger partial charge in [0.2, 0.25) is 0 Å². The standard InChI is InChI=1S/C16H12N2O3/c1-17(14(19)11-7-3-2-4-8-11)18-15(20)12-9-5-6-10-13(12)16(18)21/h2-10H,1H3. The molecule has 0 N–H and O–H groups in total. The van der Waals surface area contributed by atoms with Gasteiger partial charge in [0, 0.05) is 12.6 Å². The SMILES string of the molecule is CN(C(=O)c1ccccc1)N1C(=O)c2ccccc2C1=O. The van der Waals surface area contributed by atoms with Crippen LogP contribution in [-0.2, 0) is 0 Å². The second-order valence-corrected chi connectivity index (χ2v) is 4.66. The molecule has 0 aliphatic carbocycles. The maximum atomic E-state index is 12.4. The zero-order valence-corrected chi connectivity index (χ0v) is 11.3. The average Bonchev–Trinajstić information content (AvgIpc) is 2.79. The van der Waals surface area contributed by atoms with Gasteiger partial charge in [-0.1, -0.05) is 30.3 Å². The van der Waals surface area contributed by atoms with Gasteiger partial charge in [0.1, 0.15) is 0 Å². The molecule has 21 heavy (non-hydrogen) atoms. The third kappa shape index (κ3) is 1.99. The number of carbonyl (C=O) groups is 3. The highest BCUT2D eigenvalue weighted by molar-refractivity contribution is 6.22. The molecule has 0 radical (unpaired) electrons. The van der Waals surface area contributed by atoms with E-state index in [-0.39, 0.29) is 0 Å². The van der Waals surface area contributed by atoms with Crippen molar-refractivity contribution in [2.75, 3.05) is 7.05 Å². The molecule has 5 heteroatoms. The number of hydrogen-bond donors (Lipinski definition) is 0. The number of amides is 3. The summed E-state index contributed by atoms with van der Waals surface area (Å²) in [6.07, 6.45) is 0. The molecular weight excluding hydrogens is 268 g/mol. The Bertz CT molecular complexity index is 705. The highest BCUT2D eigenvalue weighted by Crippen LogP contribution is 2.24. The van der Waals surface area contributed by atoms with Crippen molar-refractivity contribution in [2.45, 2.75) is 0 Å². The molecular formula is C16H12N2O3. The fraction of sp³-hybridized carbons (Fsp3) is 0.0625. The summed E-state index contributed by atoms with van der Waals surface area (Å²) < 4.78 is 0. The highest BCUT2D eigenvalue weighted by atomic mass is 16.2. The lowest BCUT2D eigenvalue weighted by atomic mass is 10.1. The minimum absolute atomic E-state index is 0.315. The molecule has 0 saturated heterocycles. The summed E-state index contributed by atoms with van der Waals surface area (Å²) >= 11 is 0. The quantitative estimate of drug-likeness (QED) is 0.790. The number of rotatable bonds is 2. The Labute approximate surface area is 121 Å². The van der Waals surface area contributed by atoms with Crippen LogP contribution in [0.5, 0.6) is 0 Å². The third-order valence-electron chi connectivity index (χ3n) is 3.39. The first kappa shape index (κ1) is 13.1. The molecule has 3 rings (SSSR count). The Balaban J connectivity index is 1.94. The Morgan fingerprint density at radius 3 is 1.86 bits per heavy atom. The molecule has 2 aromatic rings. The number of fused-ring (bicyclic) bond motifs is 1. The Hall–Kier alpha value is -2.95. The number of hydrogen-bond acceptors (Lipinski definition) is 3. The van der Waals surface area contributed by atoms with Gasteiger partial charge in [-0.15, -0.1) is 0 Å². The molecule has 0 atom stereocenters. The van der Waals surface area contributed by atoms with Crippen LogP contribution < -0.4 is 0 Å². The molecule has 1 aliphatic heterocycles. The summed E-state index contributed by atoms with van der Waals surface area (Å²) in [6.45, 7) is 0. The monoisotopic (exact) mass is 280 g/mol. The van der Waals surface area contributed by atoms with Gasteiger partial charge >= 0.3 is 0 Å². The summed E-state index contributed by atoms with van der Waals surface area (Å²) in [7, 11) is 1.41. The van der Waals surface area contributed by atoms with Crippen LogP contribution in [-0.4, -0.2) is 34.8 Å². The maximum absolute atomic E-state index is 12.4. The Kier molecular flexibility index (Phi) is 3.02. The predicted molar refractivity (Wildman–Crippen MR) is 75.5 cm³/mol. The topological polar surface area (TPSA) is 57.7 Å². The summed E-state index contributed by atoms with van der Waals surface area (Å²) in [5, 5.41) is 1.93. The van der Waals surface area contributed by atoms with Gasteiger partial charge in [0.15, 0.2) is 0 Å². The average molecular weight is 280 g/mol. The van der Waals surface area contributed by atoms with Crippen molar-refractivity contribution >= 4 is 17.7 Å². The summed E-state index contributed by atoms with van der Waals surface area (Å²) in [5.74, 6) is -1.38. The molecule has 0 unspecified atom stereocenters. The molecule has 0 fully saturated rings. The van der Waals surface area contributed by atoms with Gasteiger partial charge in [-0.25, -0.2) is 5.01 Å². The highest BCUT2D eigenvalue weighted by Gasteiger charge is 2.39. The van der Waals surface area contributed by atoms with Gasteiger partial charge in [0.05, 0.1) is 11.1 Å². The van der Waals surface area contributed by atoms with E-state index >= 15 is 0 Å². The molecule has 1 aliphatic rings. The predicted octanol–water partition coefficient (Wildman–Crippen LogP) is 1.97. The van der Waals surface area contributed by atoms with Crippen molar-refractivity contribution in [1.82, 2.24) is 10.0 Å². The number of hydrazine groups is 1. The Morgan fingerprint density at radius 1 is 0.857 bits per heavy atom. The van der Waals surface area contributed by atoms with Crippen molar-refractivity contribution in [1.29, 1.82) is 0 Å². The van der Waals surface area contributed by atoms with Gasteiger partial charge in [-0.05, 0) is 24.3 Å². The van der Waals surface area contributed by atoms with E-state index < -0.39 is 17.7 Å². The van der Waals surface area contributed by atoms with E-state index in [4.69, 9.17) is 0 Å². The first-order chi connectivity index (χ1) is 10.1. The van der Waals surface area contributed by atoms with E-state index in [0.29, 0.717) is 16.7 Å². The van der Waals surface area contributed by atoms with Crippen LogP contribution in [0.2, 0.25) is 0 Å². The van der Waals surface area contributed by atoms with Crippen LogP contribution in [0.3, 0.4) is 0 Å². The molecule has 3 amide bonds.